The highest BCUT2D eigenvalue weighted by molar-refractivity contribution is 5.88. The third-order valence-electron chi connectivity index (χ3n) is 10.5. The molecule has 0 radical (unpaired) electrons. The van der Waals surface area contributed by atoms with Gasteiger partial charge in [-0.2, -0.15) is 5.26 Å². The molecule has 0 saturated carbocycles. The molecule has 1 fully saturated rings. The molecule has 0 bridgehead atoms. The maximum absolute atomic E-state index is 12.0. The lowest BCUT2D eigenvalue weighted by Crippen LogP contribution is -2.56. The van der Waals surface area contributed by atoms with Crippen molar-refractivity contribution >= 4 is 23.8 Å². The minimum atomic E-state index is -2.74. The molecule has 1 atom stereocenters. The van der Waals surface area contributed by atoms with Gasteiger partial charge in [-0.1, -0.05) is 32.0 Å². The quantitative estimate of drug-likeness (QED) is 0.0704. The Balaban J connectivity index is 0.00000122. The molecule has 7 N–H and O–H groups in total. The second-order valence-electron chi connectivity index (χ2n) is 15.1. The molecular weight excluding hydrogens is 834 g/mol. The Labute approximate surface area is 365 Å². The maximum atomic E-state index is 12.0. The number of para-hydroxylation sites is 1. The van der Waals surface area contributed by atoms with Crippen molar-refractivity contribution < 1.29 is 78.7 Å². The monoisotopic (exact) mass is 895 g/mol. The molecule has 1 aliphatic heterocycles. The molecule has 1 heterocycles. The number of benzene rings is 2. The summed E-state index contributed by atoms with van der Waals surface area (Å²) in [6.07, 6.45) is 0.610. The molecule has 22 nitrogen and oxygen atoms in total. The average Bonchev–Trinajstić information content (AvgIpc) is 3.21. The third kappa shape index (κ3) is 16.3. The summed E-state index contributed by atoms with van der Waals surface area (Å²) >= 11 is 0. The van der Waals surface area contributed by atoms with Crippen molar-refractivity contribution in [3.05, 3.63) is 57.6 Å². The molecular formula is C41H61N5O17. The molecule has 22 heteroatoms. The van der Waals surface area contributed by atoms with E-state index < -0.39 is 52.5 Å². The van der Waals surface area contributed by atoms with Crippen LogP contribution in [0.2, 0.25) is 0 Å². The van der Waals surface area contributed by atoms with Crippen molar-refractivity contribution in [2.75, 3.05) is 74.9 Å². The van der Waals surface area contributed by atoms with Gasteiger partial charge in [0.1, 0.15) is 24.6 Å². The number of nitriles is 1. The molecule has 0 aliphatic carbocycles. The van der Waals surface area contributed by atoms with Gasteiger partial charge in [-0.05, 0) is 68.1 Å². The van der Waals surface area contributed by atoms with Crippen molar-refractivity contribution in [1.29, 1.82) is 5.26 Å². The topological polar surface area (TPSA) is 322 Å². The normalized spacial score (nSPS) is 14.4. The van der Waals surface area contributed by atoms with E-state index in [0.717, 1.165) is 30.6 Å². The van der Waals surface area contributed by atoms with E-state index in [1.807, 2.05) is 43.4 Å². The molecule has 63 heavy (non-hydrogen) atoms. The first-order valence-corrected chi connectivity index (χ1v) is 19.6. The smallest absolute Gasteiger partial charge is 0.336 e. The number of carbonyl (C=O) groups is 4. The van der Waals surface area contributed by atoms with Crippen LogP contribution < -0.4 is 24.4 Å². The Morgan fingerprint density at radius 3 is 2.00 bits per heavy atom. The summed E-state index contributed by atoms with van der Waals surface area (Å²) in [4.78, 5) is 60.7. The predicted octanol–water partition coefficient (Wildman–Crippen LogP) is 2.11. The summed E-state index contributed by atoms with van der Waals surface area (Å²) in [7, 11) is 8.19. The van der Waals surface area contributed by atoms with Crippen LogP contribution in [0, 0.1) is 27.4 Å². The van der Waals surface area contributed by atoms with Crippen LogP contribution in [0.25, 0.3) is 0 Å². The highest BCUT2D eigenvalue weighted by atomic mass is 17.0. The van der Waals surface area contributed by atoms with Crippen LogP contribution in [-0.4, -0.2) is 151 Å². The Morgan fingerprint density at radius 2 is 1.54 bits per heavy atom. The first-order chi connectivity index (χ1) is 29.2. The molecule has 352 valence electrons. The number of nitrogens with zero attached hydrogens (tertiary/aromatic N) is 4. The highest BCUT2D eigenvalue weighted by Gasteiger charge is 2.42. The van der Waals surface area contributed by atoms with E-state index in [4.69, 9.17) is 48.9 Å². The summed E-state index contributed by atoms with van der Waals surface area (Å²) in [5.74, 6) is -3.10. The average molecular weight is 896 g/mol. The summed E-state index contributed by atoms with van der Waals surface area (Å²) in [6.45, 7) is 6.16. The van der Waals surface area contributed by atoms with Gasteiger partial charge in [-0.15, -0.1) is 10.1 Å². The number of methoxy groups -OCH3 is 4. The molecule has 0 spiro atoms. The fourth-order valence-electron chi connectivity index (χ4n) is 6.97. The van der Waals surface area contributed by atoms with E-state index in [9.17, 15) is 34.6 Å². The number of likely N-dealkylation sites (N-methyl/N-ethyl adjacent to an activating group) is 1. The number of carbonyl (C=O) groups excluding carboxylic acids is 1. The van der Waals surface area contributed by atoms with E-state index in [2.05, 4.69) is 30.2 Å². The Morgan fingerprint density at radius 1 is 0.968 bits per heavy atom. The van der Waals surface area contributed by atoms with Crippen LogP contribution >= 0.6 is 0 Å². The first-order valence-electron chi connectivity index (χ1n) is 19.6. The molecule has 2 aromatic rings. The summed E-state index contributed by atoms with van der Waals surface area (Å²) in [6, 6.07) is 14.0. The zero-order chi connectivity index (χ0) is 46.7. The van der Waals surface area contributed by atoms with Crippen LogP contribution in [-0.2, 0) is 40.6 Å². The van der Waals surface area contributed by atoms with E-state index >= 15 is 0 Å². The molecule has 3 rings (SSSR count). The predicted molar refractivity (Wildman–Crippen MR) is 223 cm³/mol. The minimum absolute atomic E-state index is 0. The number of carboxylic acids is 3. The van der Waals surface area contributed by atoms with Crippen molar-refractivity contribution in [1.82, 2.24) is 15.3 Å². The number of aliphatic carboxylic acids is 3. The molecule has 1 aliphatic rings. The number of hydrogen-bond acceptors (Lipinski definition) is 16. The highest BCUT2D eigenvalue weighted by Crippen LogP contribution is 2.45. The fourth-order valence-corrected chi connectivity index (χ4v) is 6.97. The number of amides is 1. The van der Waals surface area contributed by atoms with Gasteiger partial charge in [0.2, 0.25) is 5.75 Å². The van der Waals surface area contributed by atoms with Crippen LogP contribution in [0.15, 0.2) is 36.4 Å². The lowest BCUT2D eigenvalue weighted by atomic mass is 9.69. The molecule has 1 unspecified atom stereocenters. The van der Waals surface area contributed by atoms with Gasteiger partial charge in [0.15, 0.2) is 17.1 Å². The second-order valence-corrected chi connectivity index (χ2v) is 15.1. The van der Waals surface area contributed by atoms with Gasteiger partial charge in [-0.3, -0.25) is 19.8 Å². The SMILES string of the molecule is COCC(=O)NN1CCC(CO[N+](=O)[O-])(Oc2ccccc2CCN(C)CCCC(C#N)(c2cc(OC)c(OC)c(OC)c2)C(C)C)CC1.O.O=C(O)CC(O)(CC(=O)O)C(=O)O. The van der Waals surface area contributed by atoms with Crippen molar-refractivity contribution in [2.45, 2.75) is 75.4 Å². The zero-order valence-electron chi connectivity index (χ0n) is 36.7. The number of hydrogen-bond donors (Lipinski definition) is 5. The van der Waals surface area contributed by atoms with Crippen LogP contribution in [0.1, 0.15) is 63.5 Å². The number of hydrazine groups is 1. The Bertz CT molecular complexity index is 1820. The van der Waals surface area contributed by atoms with E-state index in [0.29, 0.717) is 61.8 Å². The largest absolute Gasteiger partial charge is 0.493 e. The van der Waals surface area contributed by atoms with E-state index in [1.165, 1.54) is 7.11 Å². The minimum Gasteiger partial charge on any atom is -0.493 e. The lowest BCUT2D eigenvalue weighted by molar-refractivity contribution is -0.760. The van der Waals surface area contributed by atoms with Crippen LogP contribution in [0.3, 0.4) is 0 Å². The Kier molecular flexibility index (Phi) is 22.6. The van der Waals surface area contributed by atoms with Crippen molar-refractivity contribution in [2.24, 2.45) is 5.92 Å². The third-order valence-corrected chi connectivity index (χ3v) is 10.5. The number of piperidine rings is 1. The van der Waals surface area contributed by atoms with Crippen molar-refractivity contribution in [3.8, 4) is 29.1 Å². The van der Waals surface area contributed by atoms with Gasteiger partial charge in [-0.25, -0.2) is 9.80 Å². The van der Waals surface area contributed by atoms with Crippen LogP contribution in [0.5, 0.6) is 23.0 Å². The van der Waals surface area contributed by atoms with Gasteiger partial charge < -0.3 is 59.3 Å². The van der Waals surface area contributed by atoms with E-state index in [1.54, 1.807) is 26.3 Å². The van der Waals surface area contributed by atoms with Gasteiger partial charge >= 0.3 is 17.9 Å². The fraction of sp³-hybridized carbons (Fsp3) is 0.585. The van der Waals surface area contributed by atoms with Gasteiger partial charge in [0.05, 0.1) is 45.7 Å². The Hall–Kier alpha value is -5.99. The number of ether oxygens (including phenoxy) is 5. The molecule has 1 saturated heterocycles. The molecule has 0 aromatic heterocycles. The van der Waals surface area contributed by atoms with Crippen molar-refractivity contribution in [3.63, 3.8) is 0 Å². The summed E-state index contributed by atoms with van der Waals surface area (Å²) in [5, 5.41) is 56.4. The molecule has 1 amide bonds. The standard InChI is InChI=1S/C35H51N5O9.C6H8O7.H2O/c1-26(2)35(24-36,28-21-30(45-5)33(47-7)31(22-28)46-6)14-10-17-38(3)18-13-27-11-8-9-12-29(27)49-34(25-48-40(42)43)15-19-39(20-16-34)37-32(41)23-44-4;7-3(8)1-6(13,5(11)12)2-4(9)10;/h8-9,11-12,21-22,26H,10,13-20,23,25H2,1-7H3,(H,37,41);13H,1-2H2,(H,7,8)(H,9,10)(H,11,12);1H2. The van der Waals surface area contributed by atoms with Gasteiger partial charge in [0.25, 0.3) is 11.0 Å². The maximum Gasteiger partial charge on any atom is 0.336 e. The number of carboxylic acid groups (broad SMARTS) is 3. The number of rotatable bonds is 25. The van der Waals surface area contributed by atoms with E-state index in [-0.39, 0.29) is 30.5 Å². The summed E-state index contributed by atoms with van der Waals surface area (Å²) < 4.78 is 28.1. The number of aliphatic hydroxyl groups is 1. The van der Waals surface area contributed by atoms with Crippen LogP contribution in [0.4, 0.5) is 0 Å². The lowest BCUT2D eigenvalue weighted by Gasteiger charge is -2.41. The summed E-state index contributed by atoms with van der Waals surface area (Å²) in [5.41, 5.74) is 0.136. The van der Waals surface area contributed by atoms with Gasteiger partial charge in [0, 0.05) is 39.6 Å². The first kappa shape index (κ1) is 55.0. The zero-order valence-corrected chi connectivity index (χ0v) is 36.7. The molecule has 2 aromatic carbocycles. The second kappa shape index (κ2) is 25.8. The number of nitrogens with one attached hydrogen (secondary N) is 1.